The van der Waals surface area contributed by atoms with Gasteiger partial charge in [0.15, 0.2) is 0 Å². The van der Waals surface area contributed by atoms with E-state index in [0.717, 1.165) is 66.6 Å². The molecule has 5 nitrogen and oxygen atoms in total. The van der Waals surface area contributed by atoms with Crippen molar-refractivity contribution in [3.63, 3.8) is 0 Å². The van der Waals surface area contributed by atoms with E-state index in [1.54, 1.807) is 0 Å². The summed E-state index contributed by atoms with van der Waals surface area (Å²) in [5.41, 5.74) is 9.65. The van der Waals surface area contributed by atoms with Crippen molar-refractivity contribution < 1.29 is 0 Å². The van der Waals surface area contributed by atoms with Gasteiger partial charge < -0.3 is 4.57 Å². The quantitative estimate of drug-likeness (QED) is 0.186. The lowest BCUT2D eigenvalue weighted by molar-refractivity contribution is 1.08. The maximum absolute atomic E-state index is 10.2. The van der Waals surface area contributed by atoms with Gasteiger partial charge >= 0.3 is 0 Å². The summed E-state index contributed by atoms with van der Waals surface area (Å²) < 4.78 is 4.38. The first-order valence-corrected chi connectivity index (χ1v) is 15.7. The van der Waals surface area contributed by atoms with E-state index in [2.05, 4.69) is 105 Å². The number of benzene rings is 6. The molecular formula is C43H25N5. The Morgan fingerprint density at radius 3 is 1.60 bits per heavy atom. The lowest BCUT2D eigenvalue weighted by Gasteiger charge is -2.17. The Balaban J connectivity index is 1.22. The summed E-state index contributed by atoms with van der Waals surface area (Å²) >= 11 is 0. The van der Waals surface area contributed by atoms with Crippen molar-refractivity contribution in [3.8, 4) is 39.8 Å². The van der Waals surface area contributed by atoms with Crippen LogP contribution in [-0.4, -0.2) is 14.1 Å². The van der Waals surface area contributed by atoms with Crippen LogP contribution in [0.15, 0.2) is 152 Å². The van der Waals surface area contributed by atoms with Crippen LogP contribution >= 0.6 is 0 Å². The fourth-order valence-electron chi connectivity index (χ4n) is 7.13. The molecule has 5 heteroatoms. The molecule has 0 fully saturated rings. The molecule has 0 radical (unpaired) electrons. The second-order valence-corrected chi connectivity index (χ2v) is 11.8. The van der Waals surface area contributed by atoms with E-state index in [9.17, 15) is 5.26 Å². The van der Waals surface area contributed by atoms with Crippen LogP contribution in [0, 0.1) is 17.9 Å². The van der Waals surface area contributed by atoms with Gasteiger partial charge in [-0.25, -0.2) is 9.83 Å². The highest BCUT2D eigenvalue weighted by molar-refractivity contribution is 6.11. The zero-order valence-electron chi connectivity index (χ0n) is 25.7. The van der Waals surface area contributed by atoms with E-state index < -0.39 is 0 Å². The highest BCUT2D eigenvalue weighted by Gasteiger charge is 2.20. The molecule has 0 unspecified atom stereocenters. The third-order valence-electron chi connectivity index (χ3n) is 9.20. The number of nitriles is 1. The minimum Gasteiger partial charge on any atom is -0.318 e. The molecule has 9 rings (SSSR count). The van der Waals surface area contributed by atoms with Gasteiger partial charge in [-0.1, -0.05) is 91.0 Å². The van der Waals surface area contributed by atoms with Crippen molar-refractivity contribution in [1.82, 2.24) is 14.1 Å². The van der Waals surface area contributed by atoms with E-state index >= 15 is 0 Å². The lowest BCUT2D eigenvalue weighted by Crippen LogP contribution is -1.99. The maximum atomic E-state index is 10.2. The molecule has 0 amide bonds. The summed E-state index contributed by atoms with van der Waals surface area (Å²) in [7, 11) is 0. The van der Waals surface area contributed by atoms with E-state index in [1.807, 2.05) is 66.9 Å². The Kier molecular flexibility index (Phi) is 6.18. The number of pyridine rings is 1. The molecule has 0 atom stereocenters. The lowest BCUT2D eigenvalue weighted by atomic mass is 9.95. The average Bonchev–Trinajstić information content (AvgIpc) is 3.67. The number of rotatable bonds is 4. The number of hydrogen-bond acceptors (Lipinski definition) is 2. The predicted octanol–water partition coefficient (Wildman–Crippen LogP) is 11.0. The third-order valence-corrected chi connectivity index (χ3v) is 9.20. The molecular weight excluding hydrogens is 587 g/mol. The molecule has 0 aliphatic heterocycles. The number of fused-ring (bicyclic) bond motifs is 6. The maximum Gasteiger partial charge on any atom is 0.211 e. The Morgan fingerprint density at radius 2 is 1.08 bits per heavy atom. The third kappa shape index (κ3) is 4.13. The van der Waals surface area contributed by atoms with Gasteiger partial charge in [0.05, 0.1) is 46.0 Å². The molecule has 0 bridgehead atoms. The minimum atomic E-state index is 0.537. The van der Waals surface area contributed by atoms with Gasteiger partial charge in [0.1, 0.15) is 5.82 Å². The monoisotopic (exact) mass is 611 g/mol. The van der Waals surface area contributed by atoms with Gasteiger partial charge in [-0.3, -0.25) is 4.57 Å². The standard InChI is InChI=1S/C43H25N5/c1-45-37-16-10-15-32(43(37)48-40-19-8-4-13-35(40)36-14-5-9-20-41(36)48)31-24-28(26-44)23-30(25-31)29-21-22-42(46-27-29)47-38-17-6-2-11-33(38)34-12-3-7-18-39(34)47/h2-25,27H. The van der Waals surface area contributed by atoms with Crippen molar-refractivity contribution >= 4 is 49.3 Å². The van der Waals surface area contributed by atoms with E-state index in [1.165, 1.54) is 10.8 Å². The topological polar surface area (TPSA) is 50.9 Å². The summed E-state index contributed by atoms with van der Waals surface area (Å²) in [4.78, 5) is 8.92. The van der Waals surface area contributed by atoms with Crippen molar-refractivity contribution in [2.75, 3.05) is 0 Å². The zero-order chi connectivity index (χ0) is 32.2. The molecule has 3 aromatic heterocycles. The number of nitrogens with zero attached hydrogens (tertiary/aromatic N) is 5. The van der Waals surface area contributed by atoms with Crippen LogP contribution in [0.4, 0.5) is 5.69 Å². The molecule has 0 N–H and O–H groups in total. The molecule has 0 saturated carbocycles. The Hall–Kier alpha value is -6.95. The van der Waals surface area contributed by atoms with Gasteiger partial charge in [0, 0.05) is 33.3 Å². The second-order valence-electron chi connectivity index (χ2n) is 11.8. The Morgan fingerprint density at radius 1 is 0.542 bits per heavy atom. The fourth-order valence-corrected chi connectivity index (χ4v) is 7.13. The van der Waals surface area contributed by atoms with Gasteiger partial charge in [0.25, 0.3) is 0 Å². The van der Waals surface area contributed by atoms with Gasteiger partial charge in [-0.2, -0.15) is 5.26 Å². The zero-order valence-corrected chi connectivity index (χ0v) is 25.7. The van der Waals surface area contributed by atoms with Crippen LogP contribution < -0.4 is 0 Å². The Bertz CT molecular complexity index is 2700. The minimum absolute atomic E-state index is 0.537. The molecule has 3 heterocycles. The first kappa shape index (κ1) is 27.4. The second kappa shape index (κ2) is 10.8. The van der Waals surface area contributed by atoms with Gasteiger partial charge in [0.2, 0.25) is 5.69 Å². The highest BCUT2D eigenvalue weighted by Crippen LogP contribution is 2.42. The normalized spacial score (nSPS) is 11.3. The fraction of sp³-hybridized carbons (Fsp3) is 0. The van der Waals surface area contributed by atoms with Gasteiger partial charge in [-0.05, 0) is 71.3 Å². The van der Waals surface area contributed by atoms with Gasteiger partial charge in [-0.15, -0.1) is 0 Å². The van der Waals surface area contributed by atoms with E-state index in [0.29, 0.717) is 11.3 Å². The molecule has 0 aliphatic rings. The van der Waals surface area contributed by atoms with Crippen LogP contribution in [-0.2, 0) is 0 Å². The molecule has 0 aliphatic carbocycles. The first-order valence-electron chi connectivity index (χ1n) is 15.7. The SMILES string of the molecule is [C-]#[N+]c1cccc(-c2cc(C#N)cc(-c3ccc(-n4c5ccccc5c5ccccc54)nc3)c2)c1-n1c2ccccc2c2ccccc21. The molecule has 48 heavy (non-hydrogen) atoms. The van der Waals surface area contributed by atoms with Crippen molar-refractivity contribution in [2.24, 2.45) is 0 Å². The summed E-state index contributed by atoms with van der Waals surface area (Å²) in [6.07, 6.45) is 1.88. The smallest absolute Gasteiger partial charge is 0.211 e. The van der Waals surface area contributed by atoms with Crippen LogP contribution in [0.1, 0.15) is 5.56 Å². The van der Waals surface area contributed by atoms with Crippen molar-refractivity contribution in [3.05, 3.63) is 169 Å². The predicted molar refractivity (Wildman–Crippen MR) is 195 cm³/mol. The van der Waals surface area contributed by atoms with Crippen molar-refractivity contribution in [2.45, 2.75) is 0 Å². The first-order chi connectivity index (χ1) is 23.7. The number of aromatic nitrogens is 3. The van der Waals surface area contributed by atoms with Crippen molar-refractivity contribution in [1.29, 1.82) is 5.26 Å². The summed E-state index contributed by atoms with van der Waals surface area (Å²) in [5, 5.41) is 14.8. The summed E-state index contributed by atoms with van der Waals surface area (Å²) in [5.74, 6) is 0.825. The summed E-state index contributed by atoms with van der Waals surface area (Å²) in [6.45, 7) is 8.15. The molecule has 0 spiro atoms. The van der Waals surface area contributed by atoms with Crippen LogP contribution in [0.25, 0.3) is 82.2 Å². The van der Waals surface area contributed by atoms with E-state index in [-0.39, 0.29) is 0 Å². The van der Waals surface area contributed by atoms with Crippen LogP contribution in [0.5, 0.6) is 0 Å². The molecule has 9 aromatic rings. The Labute approximate surface area is 276 Å². The largest absolute Gasteiger partial charge is 0.318 e. The molecule has 222 valence electrons. The molecule has 6 aromatic carbocycles. The summed E-state index contributed by atoms with van der Waals surface area (Å²) in [6, 6.07) is 51.6. The molecule has 0 saturated heterocycles. The van der Waals surface area contributed by atoms with Crippen LogP contribution in [0.2, 0.25) is 0 Å². The highest BCUT2D eigenvalue weighted by atomic mass is 15.1. The van der Waals surface area contributed by atoms with E-state index in [4.69, 9.17) is 11.6 Å². The number of para-hydroxylation sites is 5. The van der Waals surface area contributed by atoms with Crippen LogP contribution in [0.3, 0.4) is 0 Å². The number of hydrogen-bond donors (Lipinski definition) is 0. The average molecular weight is 612 g/mol.